The molecule has 1 aliphatic rings. The highest BCUT2D eigenvalue weighted by atomic mass is 35.5. The molecule has 0 radical (unpaired) electrons. The van der Waals surface area contributed by atoms with Gasteiger partial charge in [0, 0.05) is 11.9 Å². The van der Waals surface area contributed by atoms with E-state index in [0.29, 0.717) is 18.9 Å². The number of piperidine rings is 1. The first-order chi connectivity index (χ1) is 12.2. The van der Waals surface area contributed by atoms with Gasteiger partial charge >= 0.3 is 0 Å². The Morgan fingerprint density at radius 1 is 1.33 bits per heavy atom. The highest BCUT2D eigenvalue weighted by Crippen LogP contribution is 2.30. The first-order valence-electron chi connectivity index (χ1n) is 8.01. The van der Waals surface area contributed by atoms with Crippen LogP contribution in [0.1, 0.15) is 18.7 Å². The number of carbonyl (C=O) groups is 1. The van der Waals surface area contributed by atoms with E-state index in [2.05, 4.69) is 26.2 Å². The van der Waals surface area contributed by atoms with Crippen molar-refractivity contribution in [3.8, 4) is 5.69 Å². The summed E-state index contributed by atoms with van der Waals surface area (Å²) in [7, 11) is -3.64. The number of hydrogen-bond acceptors (Lipinski definition) is 7. The van der Waals surface area contributed by atoms with Crippen molar-refractivity contribution in [1.29, 1.82) is 0 Å². The topological polar surface area (TPSA) is 119 Å². The maximum Gasteiger partial charge on any atom is 0.245 e. The van der Waals surface area contributed by atoms with E-state index in [4.69, 9.17) is 0 Å². The highest BCUT2D eigenvalue weighted by Gasteiger charge is 2.48. The summed E-state index contributed by atoms with van der Waals surface area (Å²) in [5.74, 6) is -0.816. The van der Waals surface area contributed by atoms with Crippen molar-refractivity contribution < 1.29 is 17.6 Å². The molecule has 0 aliphatic carbocycles. The molecule has 12 heteroatoms. The molecule has 0 unspecified atom stereocenters. The van der Waals surface area contributed by atoms with Gasteiger partial charge in [0.2, 0.25) is 5.91 Å². The molecule has 1 aliphatic heterocycles. The number of aromatic nitrogens is 4. The summed E-state index contributed by atoms with van der Waals surface area (Å²) in [6.45, 7) is 2.47. The third kappa shape index (κ3) is 3.94. The molecule has 27 heavy (non-hydrogen) atoms. The lowest BCUT2D eigenvalue weighted by atomic mass is 9.95. The molecule has 2 aromatic rings. The number of benzene rings is 1. The van der Waals surface area contributed by atoms with Crippen LogP contribution < -0.4 is 10.6 Å². The number of anilines is 1. The number of rotatable bonds is 4. The van der Waals surface area contributed by atoms with Crippen LogP contribution in [0.15, 0.2) is 18.2 Å². The van der Waals surface area contributed by atoms with Crippen molar-refractivity contribution >= 4 is 33.8 Å². The lowest BCUT2D eigenvalue weighted by Crippen LogP contribution is -2.55. The van der Waals surface area contributed by atoms with Gasteiger partial charge in [0.15, 0.2) is 20.4 Å². The molecule has 9 nitrogen and oxygen atoms in total. The summed E-state index contributed by atoms with van der Waals surface area (Å²) in [6, 6.07) is 3.91. The zero-order valence-corrected chi connectivity index (χ0v) is 16.4. The molecule has 0 atom stereocenters. The van der Waals surface area contributed by atoms with Crippen LogP contribution in [0.3, 0.4) is 0 Å². The smallest absolute Gasteiger partial charge is 0.245 e. The average molecular weight is 419 g/mol. The van der Waals surface area contributed by atoms with Gasteiger partial charge < -0.3 is 10.6 Å². The summed E-state index contributed by atoms with van der Waals surface area (Å²) in [4.78, 5) is 12.8. The average Bonchev–Trinajstić information content (AvgIpc) is 3.02. The predicted octanol–water partition coefficient (Wildman–Crippen LogP) is 0.637. The number of carbonyl (C=O) groups excluding carboxylic acids is 1. The molecule has 0 bridgehead atoms. The third-order valence-corrected chi connectivity index (χ3v) is 6.61. The van der Waals surface area contributed by atoms with Gasteiger partial charge in [0.25, 0.3) is 0 Å². The van der Waals surface area contributed by atoms with E-state index in [-0.39, 0.29) is 36.6 Å². The Hall–Kier alpha value is -2.11. The Morgan fingerprint density at radius 3 is 2.56 bits per heavy atom. The number of amides is 1. The summed E-state index contributed by atoms with van der Waals surface area (Å²) < 4.78 is 38.5. The minimum atomic E-state index is -3.64. The Labute approximate surface area is 162 Å². The molecule has 1 aromatic heterocycles. The van der Waals surface area contributed by atoms with Crippen LogP contribution in [-0.4, -0.2) is 58.6 Å². The summed E-state index contributed by atoms with van der Waals surface area (Å²) in [5, 5.41) is 16.5. The molecule has 1 fully saturated rings. The Morgan fingerprint density at radius 2 is 2.00 bits per heavy atom. The fourth-order valence-corrected chi connectivity index (χ4v) is 4.38. The standard InChI is InChI=1S/C15H19FN6O3S.ClH/c1-10-19-20-21-22(10)13-9-11(3-4-12(13)16)18-14(23)15(26(2,24)25)5-7-17-8-6-15;/h3-4,9,17H,5-8H2,1-2H3,(H,18,23);1H. The predicted molar refractivity (Wildman–Crippen MR) is 99.4 cm³/mol. The van der Waals surface area contributed by atoms with E-state index in [0.717, 1.165) is 6.26 Å². The SMILES string of the molecule is Cc1nnnn1-c1cc(NC(=O)C2(S(C)(=O)=O)CCNCC2)ccc1F.Cl. The number of halogens is 2. The van der Waals surface area contributed by atoms with Crippen molar-refractivity contribution in [2.24, 2.45) is 0 Å². The fourth-order valence-electron chi connectivity index (χ4n) is 3.05. The van der Waals surface area contributed by atoms with Crippen LogP contribution in [0, 0.1) is 12.7 Å². The van der Waals surface area contributed by atoms with Crippen molar-refractivity contribution in [3.63, 3.8) is 0 Å². The van der Waals surface area contributed by atoms with Crippen molar-refractivity contribution in [3.05, 3.63) is 29.8 Å². The summed E-state index contributed by atoms with van der Waals surface area (Å²) in [5.41, 5.74) is 0.326. The molecule has 1 amide bonds. The zero-order chi connectivity index (χ0) is 18.9. The number of hydrogen-bond donors (Lipinski definition) is 2. The van der Waals surface area contributed by atoms with E-state index < -0.39 is 26.3 Å². The van der Waals surface area contributed by atoms with Crippen molar-refractivity contribution in [1.82, 2.24) is 25.5 Å². The van der Waals surface area contributed by atoms with Crippen molar-refractivity contribution in [2.75, 3.05) is 24.7 Å². The van der Waals surface area contributed by atoms with Gasteiger partial charge in [-0.15, -0.1) is 17.5 Å². The van der Waals surface area contributed by atoms with Gasteiger partial charge in [-0.05, 0) is 61.5 Å². The van der Waals surface area contributed by atoms with Crippen molar-refractivity contribution in [2.45, 2.75) is 24.5 Å². The Bertz CT molecular complexity index is 943. The second kappa shape index (κ2) is 7.87. The second-order valence-corrected chi connectivity index (χ2v) is 8.60. The number of nitrogens with zero attached hydrogens (tertiary/aromatic N) is 4. The minimum Gasteiger partial charge on any atom is -0.325 e. The maximum atomic E-state index is 14.1. The van der Waals surface area contributed by atoms with Gasteiger partial charge in [-0.1, -0.05) is 0 Å². The van der Waals surface area contributed by atoms with Gasteiger partial charge in [-0.3, -0.25) is 4.79 Å². The molecular formula is C15H20ClFN6O3S. The highest BCUT2D eigenvalue weighted by molar-refractivity contribution is 7.92. The first-order valence-corrected chi connectivity index (χ1v) is 9.90. The van der Waals surface area contributed by atoms with Crippen LogP contribution in [0.2, 0.25) is 0 Å². The third-order valence-electron chi connectivity index (χ3n) is 4.59. The summed E-state index contributed by atoms with van der Waals surface area (Å²) in [6.07, 6.45) is 1.42. The Kier molecular flexibility index (Phi) is 6.17. The minimum absolute atomic E-state index is 0. The Balaban J connectivity index is 0.00000261. The van der Waals surface area contributed by atoms with Crippen LogP contribution in [0.4, 0.5) is 10.1 Å². The quantitative estimate of drug-likeness (QED) is 0.747. The monoisotopic (exact) mass is 418 g/mol. The van der Waals surface area contributed by atoms with Crippen LogP contribution in [0.5, 0.6) is 0 Å². The lowest BCUT2D eigenvalue weighted by Gasteiger charge is -2.34. The van der Waals surface area contributed by atoms with E-state index in [1.807, 2.05) is 0 Å². The number of aryl methyl sites for hydroxylation is 1. The van der Waals surface area contributed by atoms with Crippen LogP contribution >= 0.6 is 12.4 Å². The number of nitrogens with one attached hydrogen (secondary N) is 2. The molecule has 3 rings (SSSR count). The lowest BCUT2D eigenvalue weighted by molar-refractivity contribution is -0.119. The molecule has 0 saturated carbocycles. The van der Waals surface area contributed by atoms with E-state index in [1.165, 1.54) is 22.9 Å². The molecule has 0 spiro atoms. The normalized spacial score (nSPS) is 16.4. The largest absolute Gasteiger partial charge is 0.325 e. The van der Waals surface area contributed by atoms with Gasteiger partial charge in [0.05, 0.1) is 0 Å². The van der Waals surface area contributed by atoms with Crippen LogP contribution in [-0.2, 0) is 14.6 Å². The zero-order valence-electron chi connectivity index (χ0n) is 14.8. The second-order valence-electron chi connectivity index (χ2n) is 6.27. The number of tetrazole rings is 1. The molecule has 2 heterocycles. The van der Waals surface area contributed by atoms with E-state index >= 15 is 0 Å². The molecule has 1 aromatic carbocycles. The van der Waals surface area contributed by atoms with E-state index in [9.17, 15) is 17.6 Å². The first kappa shape index (κ1) is 21.2. The molecule has 1 saturated heterocycles. The fraction of sp³-hybridized carbons (Fsp3) is 0.467. The molecular weight excluding hydrogens is 399 g/mol. The molecule has 148 valence electrons. The molecule has 2 N–H and O–H groups in total. The van der Waals surface area contributed by atoms with Gasteiger partial charge in [-0.2, -0.15) is 4.68 Å². The van der Waals surface area contributed by atoms with Gasteiger partial charge in [-0.25, -0.2) is 12.8 Å². The summed E-state index contributed by atoms with van der Waals surface area (Å²) >= 11 is 0. The van der Waals surface area contributed by atoms with Gasteiger partial charge in [0.1, 0.15) is 11.5 Å². The maximum absolute atomic E-state index is 14.1. The van der Waals surface area contributed by atoms with E-state index in [1.54, 1.807) is 6.92 Å². The number of sulfone groups is 1. The van der Waals surface area contributed by atoms with Crippen LogP contribution in [0.25, 0.3) is 5.69 Å².